The van der Waals surface area contributed by atoms with Gasteiger partial charge in [-0.2, -0.15) is 0 Å². The van der Waals surface area contributed by atoms with Gasteiger partial charge in [0.15, 0.2) is 11.2 Å². The highest BCUT2D eigenvalue weighted by Crippen LogP contribution is 2.09. The standard InChI is InChI=1S/C12H14N4O4/c1-12(6-20-2,11(18)19)14-10(17)8-3-4-9-15-13-7-16(9)5-8/h3-5,7H,6H2,1-2H3,(H,14,17)(H,18,19). The van der Waals surface area contributed by atoms with E-state index in [1.54, 1.807) is 16.5 Å². The van der Waals surface area contributed by atoms with Crippen LogP contribution in [0.25, 0.3) is 5.65 Å². The maximum absolute atomic E-state index is 12.1. The van der Waals surface area contributed by atoms with E-state index in [-0.39, 0.29) is 6.61 Å². The molecule has 2 heterocycles. The number of fused-ring (bicyclic) bond motifs is 1. The molecule has 0 saturated heterocycles. The third kappa shape index (κ3) is 2.59. The molecule has 0 aliphatic heterocycles. The number of nitrogens with one attached hydrogen (secondary N) is 1. The highest BCUT2D eigenvalue weighted by Gasteiger charge is 2.35. The van der Waals surface area contributed by atoms with Gasteiger partial charge in [0.2, 0.25) is 0 Å². The number of carboxylic acid groups (broad SMARTS) is 1. The molecule has 2 aromatic rings. The van der Waals surface area contributed by atoms with Crippen LogP contribution in [0.1, 0.15) is 17.3 Å². The number of carbonyl (C=O) groups excluding carboxylic acids is 1. The third-order valence-electron chi connectivity index (χ3n) is 2.85. The van der Waals surface area contributed by atoms with E-state index in [2.05, 4.69) is 15.5 Å². The van der Waals surface area contributed by atoms with Crippen molar-refractivity contribution in [2.45, 2.75) is 12.5 Å². The van der Waals surface area contributed by atoms with E-state index in [1.807, 2.05) is 0 Å². The van der Waals surface area contributed by atoms with Gasteiger partial charge < -0.3 is 15.2 Å². The summed E-state index contributed by atoms with van der Waals surface area (Å²) in [5, 5.41) is 19.1. The number of nitrogens with zero attached hydrogens (tertiary/aromatic N) is 3. The molecule has 2 rings (SSSR count). The van der Waals surface area contributed by atoms with Gasteiger partial charge in [0.1, 0.15) is 6.33 Å². The Morgan fingerprint density at radius 1 is 1.50 bits per heavy atom. The zero-order valence-corrected chi connectivity index (χ0v) is 11.0. The van der Waals surface area contributed by atoms with Crippen molar-refractivity contribution in [3.05, 3.63) is 30.2 Å². The Bertz CT molecular complexity index is 654. The second-order valence-electron chi connectivity index (χ2n) is 4.54. The summed E-state index contributed by atoms with van der Waals surface area (Å²) in [7, 11) is 1.37. The summed E-state index contributed by atoms with van der Waals surface area (Å²) in [5.74, 6) is -1.68. The fourth-order valence-electron chi connectivity index (χ4n) is 1.72. The number of hydrogen-bond acceptors (Lipinski definition) is 5. The van der Waals surface area contributed by atoms with E-state index in [9.17, 15) is 14.7 Å². The summed E-state index contributed by atoms with van der Waals surface area (Å²) >= 11 is 0. The van der Waals surface area contributed by atoms with Gasteiger partial charge in [0.05, 0.1) is 12.2 Å². The second kappa shape index (κ2) is 5.25. The Kier molecular flexibility index (Phi) is 3.66. The van der Waals surface area contributed by atoms with Crippen molar-refractivity contribution < 1.29 is 19.4 Å². The van der Waals surface area contributed by atoms with E-state index in [0.29, 0.717) is 11.2 Å². The average Bonchev–Trinajstić information content (AvgIpc) is 2.85. The summed E-state index contributed by atoms with van der Waals surface area (Å²) in [6.07, 6.45) is 2.98. The van der Waals surface area contributed by atoms with Gasteiger partial charge in [-0.1, -0.05) is 0 Å². The van der Waals surface area contributed by atoms with E-state index in [0.717, 1.165) is 0 Å². The topological polar surface area (TPSA) is 106 Å². The zero-order chi connectivity index (χ0) is 14.8. The number of rotatable bonds is 5. The summed E-state index contributed by atoms with van der Waals surface area (Å²) in [5.41, 5.74) is -0.589. The van der Waals surface area contributed by atoms with Crippen molar-refractivity contribution in [2.75, 3.05) is 13.7 Å². The molecule has 2 N–H and O–H groups in total. The fourth-order valence-corrected chi connectivity index (χ4v) is 1.72. The van der Waals surface area contributed by atoms with Crippen LogP contribution < -0.4 is 5.32 Å². The maximum atomic E-state index is 12.1. The molecule has 20 heavy (non-hydrogen) atoms. The predicted molar refractivity (Wildman–Crippen MR) is 68.4 cm³/mol. The van der Waals surface area contributed by atoms with Crippen LogP contribution in [0.15, 0.2) is 24.7 Å². The number of hydrogen-bond donors (Lipinski definition) is 2. The molecule has 1 atom stereocenters. The Morgan fingerprint density at radius 2 is 2.25 bits per heavy atom. The lowest BCUT2D eigenvalue weighted by molar-refractivity contribution is -0.145. The number of pyridine rings is 1. The Hall–Kier alpha value is -2.48. The number of ether oxygens (including phenoxy) is 1. The van der Waals surface area contributed by atoms with Crippen LogP contribution in [-0.2, 0) is 9.53 Å². The molecule has 0 radical (unpaired) electrons. The highest BCUT2D eigenvalue weighted by atomic mass is 16.5. The summed E-state index contributed by atoms with van der Waals surface area (Å²) < 4.78 is 6.41. The normalized spacial score (nSPS) is 13.9. The lowest BCUT2D eigenvalue weighted by Gasteiger charge is -2.25. The van der Waals surface area contributed by atoms with Crippen LogP contribution in [0.2, 0.25) is 0 Å². The van der Waals surface area contributed by atoms with Crippen LogP contribution in [0.3, 0.4) is 0 Å². The van der Waals surface area contributed by atoms with Gasteiger partial charge in [-0.25, -0.2) is 4.79 Å². The second-order valence-corrected chi connectivity index (χ2v) is 4.54. The predicted octanol–water partition coefficient (Wildman–Crippen LogP) is -0.0512. The smallest absolute Gasteiger partial charge is 0.331 e. The number of aliphatic carboxylic acids is 1. The molecular weight excluding hydrogens is 264 g/mol. The van der Waals surface area contributed by atoms with Crippen molar-refractivity contribution in [2.24, 2.45) is 0 Å². The minimum atomic E-state index is -1.49. The molecule has 106 valence electrons. The molecule has 1 unspecified atom stereocenters. The van der Waals surface area contributed by atoms with Gasteiger partial charge >= 0.3 is 5.97 Å². The quantitative estimate of drug-likeness (QED) is 0.794. The molecule has 0 bridgehead atoms. The van der Waals surface area contributed by atoms with Crippen LogP contribution in [0, 0.1) is 0 Å². The first-order chi connectivity index (χ1) is 9.46. The molecule has 8 nitrogen and oxygen atoms in total. The van der Waals surface area contributed by atoms with Crippen LogP contribution in [-0.4, -0.2) is 50.8 Å². The van der Waals surface area contributed by atoms with Crippen molar-refractivity contribution >= 4 is 17.5 Å². The van der Waals surface area contributed by atoms with Crippen molar-refractivity contribution in [1.29, 1.82) is 0 Å². The van der Waals surface area contributed by atoms with Gasteiger partial charge in [0, 0.05) is 13.3 Å². The Morgan fingerprint density at radius 3 is 2.90 bits per heavy atom. The first-order valence-electron chi connectivity index (χ1n) is 5.80. The molecule has 0 aromatic carbocycles. The van der Waals surface area contributed by atoms with Crippen LogP contribution >= 0.6 is 0 Å². The zero-order valence-electron chi connectivity index (χ0n) is 11.0. The van der Waals surface area contributed by atoms with E-state index >= 15 is 0 Å². The minimum Gasteiger partial charge on any atom is -0.479 e. The van der Waals surface area contributed by atoms with Crippen molar-refractivity contribution in [3.8, 4) is 0 Å². The summed E-state index contributed by atoms with van der Waals surface area (Å²) in [4.78, 5) is 23.4. The van der Waals surface area contributed by atoms with E-state index in [1.165, 1.54) is 26.6 Å². The van der Waals surface area contributed by atoms with Crippen LogP contribution in [0.4, 0.5) is 0 Å². The molecule has 2 aromatic heterocycles. The van der Waals surface area contributed by atoms with Crippen LogP contribution in [0.5, 0.6) is 0 Å². The molecule has 8 heteroatoms. The molecule has 0 saturated carbocycles. The monoisotopic (exact) mass is 278 g/mol. The molecule has 1 amide bonds. The molecule has 0 aliphatic rings. The van der Waals surface area contributed by atoms with E-state index < -0.39 is 17.4 Å². The van der Waals surface area contributed by atoms with Crippen molar-refractivity contribution in [3.63, 3.8) is 0 Å². The fraction of sp³-hybridized carbons (Fsp3) is 0.333. The van der Waals surface area contributed by atoms with Gasteiger partial charge in [-0.3, -0.25) is 9.20 Å². The number of carbonyl (C=O) groups is 2. The minimum absolute atomic E-state index is 0.136. The lowest BCUT2D eigenvalue weighted by Crippen LogP contribution is -2.55. The molecule has 0 spiro atoms. The Labute approximate surface area is 114 Å². The maximum Gasteiger partial charge on any atom is 0.331 e. The average molecular weight is 278 g/mol. The highest BCUT2D eigenvalue weighted by molar-refractivity contribution is 5.97. The number of aromatic nitrogens is 3. The summed E-state index contributed by atoms with van der Waals surface area (Å²) in [6.45, 7) is 1.25. The van der Waals surface area contributed by atoms with Gasteiger partial charge in [-0.15, -0.1) is 10.2 Å². The molecular formula is C12H14N4O4. The lowest BCUT2D eigenvalue weighted by atomic mass is 10.0. The largest absolute Gasteiger partial charge is 0.479 e. The number of carboxylic acids is 1. The van der Waals surface area contributed by atoms with Gasteiger partial charge in [-0.05, 0) is 19.1 Å². The SMILES string of the molecule is COCC(C)(NC(=O)c1ccc2nncn2c1)C(=O)O. The molecule has 0 aliphatic carbocycles. The van der Waals surface area contributed by atoms with Gasteiger partial charge in [0.25, 0.3) is 5.91 Å². The number of methoxy groups -OCH3 is 1. The molecule has 0 fully saturated rings. The van der Waals surface area contributed by atoms with Crippen molar-refractivity contribution in [1.82, 2.24) is 19.9 Å². The first-order valence-corrected chi connectivity index (χ1v) is 5.80. The Balaban J connectivity index is 2.23. The first kappa shape index (κ1) is 13.9. The van der Waals surface area contributed by atoms with E-state index in [4.69, 9.17) is 4.74 Å². The number of amides is 1. The third-order valence-corrected chi connectivity index (χ3v) is 2.85. The summed E-state index contributed by atoms with van der Waals surface area (Å²) in [6, 6.07) is 3.17.